The SMILES string of the molecule is CCn1nnc2c(NCCc3ccc(OC)c(OC)c3)ncnc21. The van der Waals surface area contributed by atoms with Crippen LogP contribution in [0.1, 0.15) is 12.5 Å². The van der Waals surface area contributed by atoms with Crippen molar-refractivity contribution >= 4 is 17.0 Å². The zero-order valence-electron chi connectivity index (χ0n) is 14.0. The van der Waals surface area contributed by atoms with Crippen LogP contribution in [0.15, 0.2) is 24.5 Å². The van der Waals surface area contributed by atoms with E-state index in [9.17, 15) is 0 Å². The third kappa shape index (κ3) is 3.08. The van der Waals surface area contributed by atoms with E-state index in [2.05, 4.69) is 25.6 Å². The summed E-state index contributed by atoms with van der Waals surface area (Å²) in [5.74, 6) is 2.15. The lowest BCUT2D eigenvalue weighted by Gasteiger charge is -2.10. The van der Waals surface area contributed by atoms with Crippen molar-refractivity contribution in [2.75, 3.05) is 26.1 Å². The largest absolute Gasteiger partial charge is 0.493 e. The molecule has 0 saturated heterocycles. The van der Waals surface area contributed by atoms with Gasteiger partial charge >= 0.3 is 0 Å². The Hall–Kier alpha value is -2.90. The van der Waals surface area contributed by atoms with Gasteiger partial charge in [-0.25, -0.2) is 14.6 Å². The lowest BCUT2D eigenvalue weighted by molar-refractivity contribution is 0.354. The average molecular weight is 328 g/mol. The molecule has 0 bridgehead atoms. The van der Waals surface area contributed by atoms with Crippen LogP contribution < -0.4 is 14.8 Å². The highest BCUT2D eigenvalue weighted by Gasteiger charge is 2.10. The number of fused-ring (bicyclic) bond motifs is 1. The summed E-state index contributed by atoms with van der Waals surface area (Å²) in [6, 6.07) is 5.90. The fourth-order valence-corrected chi connectivity index (χ4v) is 2.50. The number of anilines is 1. The number of benzene rings is 1. The quantitative estimate of drug-likeness (QED) is 0.709. The number of nitrogens with zero attached hydrogens (tertiary/aromatic N) is 5. The molecule has 1 N–H and O–H groups in total. The normalized spacial score (nSPS) is 10.8. The minimum atomic E-state index is 0.687. The van der Waals surface area contributed by atoms with E-state index < -0.39 is 0 Å². The number of ether oxygens (including phenoxy) is 2. The molecule has 0 unspecified atom stereocenters. The van der Waals surface area contributed by atoms with Crippen molar-refractivity contribution in [3.8, 4) is 11.5 Å². The second-order valence-corrected chi connectivity index (χ2v) is 5.17. The summed E-state index contributed by atoms with van der Waals surface area (Å²) in [4.78, 5) is 8.50. The summed E-state index contributed by atoms with van der Waals surface area (Å²) in [6.07, 6.45) is 2.34. The lowest BCUT2D eigenvalue weighted by atomic mass is 10.1. The fraction of sp³-hybridized carbons (Fsp3) is 0.375. The van der Waals surface area contributed by atoms with Crippen LogP contribution in [-0.4, -0.2) is 45.7 Å². The Morgan fingerprint density at radius 1 is 1.12 bits per heavy atom. The molecule has 2 aromatic heterocycles. The molecule has 0 spiro atoms. The Balaban J connectivity index is 1.70. The maximum atomic E-state index is 5.33. The summed E-state index contributed by atoms with van der Waals surface area (Å²) in [5.41, 5.74) is 2.57. The maximum Gasteiger partial charge on any atom is 0.183 e. The number of rotatable bonds is 7. The van der Waals surface area contributed by atoms with Gasteiger partial charge in [-0.3, -0.25) is 0 Å². The number of nitrogens with one attached hydrogen (secondary N) is 1. The van der Waals surface area contributed by atoms with Gasteiger partial charge in [-0.2, -0.15) is 0 Å². The molecule has 0 radical (unpaired) electrons. The highest BCUT2D eigenvalue weighted by Crippen LogP contribution is 2.27. The van der Waals surface area contributed by atoms with Gasteiger partial charge in [0.05, 0.1) is 14.2 Å². The first-order valence-electron chi connectivity index (χ1n) is 7.75. The first kappa shape index (κ1) is 16.0. The first-order valence-corrected chi connectivity index (χ1v) is 7.75. The van der Waals surface area contributed by atoms with E-state index >= 15 is 0 Å². The molecule has 126 valence electrons. The summed E-state index contributed by atoms with van der Waals surface area (Å²) in [6.45, 7) is 3.43. The molecule has 0 aliphatic heterocycles. The molecule has 0 fully saturated rings. The van der Waals surface area contributed by atoms with Crippen molar-refractivity contribution in [3.63, 3.8) is 0 Å². The van der Waals surface area contributed by atoms with E-state index in [0.29, 0.717) is 17.9 Å². The van der Waals surface area contributed by atoms with Gasteiger partial charge < -0.3 is 14.8 Å². The second kappa shape index (κ2) is 7.12. The van der Waals surface area contributed by atoms with E-state index in [0.717, 1.165) is 35.7 Å². The van der Waals surface area contributed by atoms with Crippen molar-refractivity contribution in [2.24, 2.45) is 0 Å². The van der Waals surface area contributed by atoms with Gasteiger partial charge in [0.25, 0.3) is 0 Å². The van der Waals surface area contributed by atoms with E-state index in [1.165, 1.54) is 6.33 Å². The van der Waals surface area contributed by atoms with Gasteiger partial charge in [-0.05, 0) is 31.0 Å². The van der Waals surface area contributed by atoms with Gasteiger partial charge in [0.1, 0.15) is 6.33 Å². The van der Waals surface area contributed by atoms with E-state index in [1.807, 2.05) is 25.1 Å². The molecule has 1 aromatic carbocycles. The van der Waals surface area contributed by atoms with Gasteiger partial charge in [0.15, 0.2) is 28.5 Å². The summed E-state index contributed by atoms with van der Waals surface area (Å²) in [7, 11) is 3.26. The third-order valence-electron chi connectivity index (χ3n) is 3.75. The Morgan fingerprint density at radius 3 is 2.71 bits per heavy atom. The van der Waals surface area contributed by atoms with Crippen molar-refractivity contribution < 1.29 is 9.47 Å². The predicted octanol–water partition coefficient (Wildman–Crippen LogP) is 1.91. The van der Waals surface area contributed by atoms with Gasteiger partial charge in [-0.1, -0.05) is 11.3 Å². The Kier molecular flexibility index (Phi) is 4.74. The monoisotopic (exact) mass is 328 g/mol. The topological polar surface area (TPSA) is 87.0 Å². The average Bonchev–Trinajstić information content (AvgIpc) is 3.05. The molecule has 24 heavy (non-hydrogen) atoms. The standard InChI is InChI=1S/C16H20N6O2/c1-4-22-16-14(20-21-22)15(18-10-19-16)17-8-7-11-5-6-12(23-2)13(9-11)24-3/h5-6,9-10H,4,7-8H2,1-3H3,(H,17,18,19). The maximum absolute atomic E-state index is 5.33. The van der Waals surface area contributed by atoms with Crippen LogP contribution in [0.3, 0.4) is 0 Å². The van der Waals surface area contributed by atoms with Crippen molar-refractivity contribution in [1.82, 2.24) is 25.0 Å². The van der Waals surface area contributed by atoms with Gasteiger partial charge in [0, 0.05) is 13.1 Å². The Labute approximate surface area is 139 Å². The number of aromatic nitrogens is 5. The highest BCUT2D eigenvalue weighted by atomic mass is 16.5. The van der Waals surface area contributed by atoms with Crippen molar-refractivity contribution in [2.45, 2.75) is 19.9 Å². The lowest BCUT2D eigenvalue weighted by Crippen LogP contribution is -2.07. The van der Waals surface area contributed by atoms with Gasteiger partial charge in [0.2, 0.25) is 0 Å². The molecule has 3 rings (SSSR count). The third-order valence-corrected chi connectivity index (χ3v) is 3.75. The number of methoxy groups -OCH3 is 2. The second-order valence-electron chi connectivity index (χ2n) is 5.17. The molecule has 2 heterocycles. The minimum Gasteiger partial charge on any atom is -0.493 e. The molecule has 0 atom stereocenters. The smallest absolute Gasteiger partial charge is 0.183 e. The number of hydrogen-bond donors (Lipinski definition) is 1. The molecule has 8 nitrogen and oxygen atoms in total. The van der Waals surface area contributed by atoms with Crippen LogP contribution in [0.25, 0.3) is 11.2 Å². The summed E-state index contributed by atoms with van der Waals surface area (Å²) in [5, 5.41) is 11.5. The van der Waals surface area contributed by atoms with Gasteiger partial charge in [-0.15, -0.1) is 5.10 Å². The molecule has 0 aliphatic rings. The van der Waals surface area contributed by atoms with Crippen molar-refractivity contribution in [3.05, 3.63) is 30.1 Å². The number of aryl methyl sites for hydroxylation is 1. The van der Waals surface area contributed by atoms with Crippen molar-refractivity contribution in [1.29, 1.82) is 0 Å². The summed E-state index contributed by atoms with van der Waals surface area (Å²) < 4.78 is 12.3. The Morgan fingerprint density at radius 2 is 1.96 bits per heavy atom. The minimum absolute atomic E-state index is 0.687. The van der Waals surface area contributed by atoms with Crippen LogP contribution in [0.4, 0.5) is 5.82 Å². The fourth-order valence-electron chi connectivity index (χ4n) is 2.50. The molecule has 0 amide bonds. The summed E-state index contributed by atoms with van der Waals surface area (Å²) >= 11 is 0. The zero-order valence-corrected chi connectivity index (χ0v) is 14.0. The first-order chi connectivity index (χ1) is 11.8. The van der Waals surface area contributed by atoms with E-state index in [1.54, 1.807) is 18.9 Å². The van der Waals surface area contributed by atoms with Crippen LogP contribution in [0, 0.1) is 0 Å². The van der Waals surface area contributed by atoms with E-state index in [-0.39, 0.29) is 0 Å². The molecule has 0 saturated carbocycles. The highest BCUT2D eigenvalue weighted by molar-refractivity contribution is 5.81. The van der Waals surface area contributed by atoms with Crippen LogP contribution in [0.5, 0.6) is 11.5 Å². The van der Waals surface area contributed by atoms with E-state index in [4.69, 9.17) is 9.47 Å². The molecular formula is C16H20N6O2. The van der Waals surface area contributed by atoms with Crippen LogP contribution >= 0.6 is 0 Å². The molecule has 3 aromatic rings. The molecule has 8 heteroatoms. The molecular weight excluding hydrogens is 308 g/mol. The predicted molar refractivity (Wildman–Crippen MR) is 90.5 cm³/mol. The van der Waals surface area contributed by atoms with Crippen LogP contribution in [-0.2, 0) is 13.0 Å². The Bertz CT molecular complexity index is 833. The van der Waals surface area contributed by atoms with Crippen LogP contribution in [0.2, 0.25) is 0 Å². The molecule has 0 aliphatic carbocycles. The number of hydrogen-bond acceptors (Lipinski definition) is 7. The zero-order chi connectivity index (χ0) is 16.9.